The zero-order chi connectivity index (χ0) is 14.7. The van der Waals surface area contributed by atoms with Crippen LogP contribution in [0.2, 0.25) is 0 Å². The predicted octanol–water partition coefficient (Wildman–Crippen LogP) is 1.26. The number of carbonyl (C=O) groups is 1. The second-order valence-electron chi connectivity index (χ2n) is 5.53. The summed E-state index contributed by atoms with van der Waals surface area (Å²) in [7, 11) is 2.02. The SMILES string of the molecule is CCc1nn(C)c(CC)c1CNC1CCN(C(C)=O)C1. The maximum absolute atomic E-state index is 11.4. The fraction of sp³-hybridized carbons (Fsp3) is 0.733. The van der Waals surface area contributed by atoms with Crippen molar-refractivity contribution in [2.75, 3.05) is 13.1 Å². The lowest BCUT2D eigenvalue weighted by Gasteiger charge is -2.15. The fourth-order valence-corrected chi connectivity index (χ4v) is 3.05. The molecule has 1 saturated heterocycles. The first-order valence-corrected chi connectivity index (χ1v) is 7.59. The van der Waals surface area contributed by atoms with Crippen molar-refractivity contribution in [1.29, 1.82) is 0 Å². The van der Waals surface area contributed by atoms with Gasteiger partial charge in [0.2, 0.25) is 5.91 Å². The molecule has 1 aliphatic rings. The lowest BCUT2D eigenvalue weighted by Crippen LogP contribution is -2.34. The van der Waals surface area contributed by atoms with Crippen LogP contribution in [0.5, 0.6) is 0 Å². The highest BCUT2D eigenvalue weighted by Gasteiger charge is 2.24. The summed E-state index contributed by atoms with van der Waals surface area (Å²) in [4.78, 5) is 13.3. The predicted molar refractivity (Wildman–Crippen MR) is 79.5 cm³/mol. The molecule has 1 unspecified atom stereocenters. The molecule has 5 nitrogen and oxygen atoms in total. The van der Waals surface area contributed by atoms with Gasteiger partial charge in [-0.05, 0) is 19.3 Å². The minimum Gasteiger partial charge on any atom is -0.341 e. The second kappa shape index (κ2) is 6.39. The molecule has 0 bridgehead atoms. The van der Waals surface area contributed by atoms with Gasteiger partial charge < -0.3 is 10.2 Å². The minimum absolute atomic E-state index is 0.180. The number of rotatable bonds is 5. The van der Waals surface area contributed by atoms with Crippen molar-refractivity contribution in [1.82, 2.24) is 20.0 Å². The zero-order valence-electron chi connectivity index (χ0n) is 13.1. The molecule has 1 aromatic rings. The van der Waals surface area contributed by atoms with Crippen LogP contribution in [0.15, 0.2) is 0 Å². The van der Waals surface area contributed by atoms with Crippen molar-refractivity contribution in [3.8, 4) is 0 Å². The summed E-state index contributed by atoms with van der Waals surface area (Å²) >= 11 is 0. The molecule has 112 valence electrons. The average Bonchev–Trinajstić information content (AvgIpc) is 3.00. The molecule has 1 atom stereocenters. The quantitative estimate of drug-likeness (QED) is 0.882. The van der Waals surface area contributed by atoms with Crippen LogP contribution < -0.4 is 5.32 Å². The van der Waals surface area contributed by atoms with Crippen molar-refractivity contribution < 1.29 is 4.79 Å². The van der Waals surface area contributed by atoms with Gasteiger partial charge in [-0.15, -0.1) is 0 Å². The Bertz CT molecular complexity index is 480. The van der Waals surface area contributed by atoms with Gasteiger partial charge in [0.05, 0.1) is 5.69 Å². The minimum atomic E-state index is 0.180. The molecule has 2 heterocycles. The first kappa shape index (κ1) is 15.0. The van der Waals surface area contributed by atoms with E-state index in [2.05, 4.69) is 24.3 Å². The van der Waals surface area contributed by atoms with E-state index in [-0.39, 0.29) is 5.91 Å². The van der Waals surface area contributed by atoms with Gasteiger partial charge in [-0.25, -0.2) is 0 Å². The summed E-state index contributed by atoms with van der Waals surface area (Å²) in [6, 6.07) is 0.411. The van der Waals surface area contributed by atoms with Gasteiger partial charge >= 0.3 is 0 Å². The Labute approximate surface area is 121 Å². The summed E-state index contributed by atoms with van der Waals surface area (Å²) in [5.74, 6) is 0.180. The first-order valence-electron chi connectivity index (χ1n) is 7.59. The smallest absolute Gasteiger partial charge is 0.219 e. The highest BCUT2D eigenvalue weighted by Crippen LogP contribution is 2.17. The van der Waals surface area contributed by atoms with E-state index >= 15 is 0 Å². The summed E-state index contributed by atoms with van der Waals surface area (Å²) in [6.07, 6.45) is 3.02. The van der Waals surface area contributed by atoms with Crippen molar-refractivity contribution in [2.45, 2.75) is 52.6 Å². The second-order valence-corrected chi connectivity index (χ2v) is 5.53. The topological polar surface area (TPSA) is 50.2 Å². The van der Waals surface area contributed by atoms with Crippen molar-refractivity contribution in [2.24, 2.45) is 7.05 Å². The van der Waals surface area contributed by atoms with Crippen LogP contribution in [0.25, 0.3) is 0 Å². The summed E-state index contributed by atoms with van der Waals surface area (Å²) in [5.41, 5.74) is 3.85. The zero-order valence-corrected chi connectivity index (χ0v) is 13.1. The molecule has 0 saturated carbocycles. The van der Waals surface area contributed by atoms with Gasteiger partial charge in [0.25, 0.3) is 0 Å². The van der Waals surface area contributed by atoms with Crippen LogP contribution in [0.3, 0.4) is 0 Å². The number of hydrogen-bond donors (Lipinski definition) is 1. The number of nitrogens with one attached hydrogen (secondary N) is 1. The maximum atomic E-state index is 11.4. The third-order valence-electron chi connectivity index (χ3n) is 4.23. The molecular weight excluding hydrogens is 252 g/mol. The molecule has 5 heteroatoms. The molecule has 1 amide bonds. The van der Waals surface area contributed by atoms with E-state index in [1.54, 1.807) is 6.92 Å². The fourth-order valence-electron chi connectivity index (χ4n) is 3.05. The van der Waals surface area contributed by atoms with E-state index in [0.29, 0.717) is 6.04 Å². The Morgan fingerprint density at radius 3 is 2.70 bits per heavy atom. The number of aromatic nitrogens is 2. The Hall–Kier alpha value is -1.36. The van der Waals surface area contributed by atoms with E-state index < -0.39 is 0 Å². The van der Waals surface area contributed by atoms with E-state index in [1.807, 2.05) is 16.6 Å². The van der Waals surface area contributed by atoms with E-state index in [0.717, 1.165) is 38.9 Å². The van der Waals surface area contributed by atoms with E-state index in [9.17, 15) is 4.79 Å². The van der Waals surface area contributed by atoms with Gasteiger partial charge in [-0.2, -0.15) is 5.10 Å². The van der Waals surface area contributed by atoms with Crippen molar-refractivity contribution >= 4 is 5.91 Å². The average molecular weight is 278 g/mol. The Morgan fingerprint density at radius 1 is 1.40 bits per heavy atom. The van der Waals surface area contributed by atoms with E-state index in [1.165, 1.54) is 17.0 Å². The molecule has 1 aliphatic heterocycles. The third kappa shape index (κ3) is 3.03. The number of nitrogens with zero attached hydrogens (tertiary/aromatic N) is 3. The Balaban J connectivity index is 1.99. The van der Waals surface area contributed by atoms with Crippen LogP contribution in [0.4, 0.5) is 0 Å². The number of hydrogen-bond acceptors (Lipinski definition) is 3. The van der Waals surface area contributed by atoms with Gasteiger partial charge in [-0.1, -0.05) is 13.8 Å². The third-order valence-corrected chi connectivity index (χ3v) is 4.23. The standard InChI is InChI=1S/C15H26N4O/c1-5-14-13(15(6-2)18(4)17-14)9-16-12-7-8-19(10-12)11(3)20/h12,16H,5-10H2,1-4H3. The molecule has 0 radical (unpaired) electrons. The normalized spacial score (nSPS) is 18.8. The van der Waals surface area contributed by atoms with Gasteiger partial charge in [-0.3, -0.25) is 9.48 Å². The molecule has 1 fully saturated rings. The van der Waals surface area contributed by atoms with Gasteiger partial charge in [0.1, 0.15) is 0 Å². The molecule has 2 rings (SSSR count). The lowest BCUT2D eigenvalue weighted by molar-refractivity contribution is -0.127. The van der Waals surface area contributed by atoms with E-state index in [4.69, 9.17) is 0 Å². The summed E-state index contributed by atoms with van der Waals surface area (Å²) in [6.45, 7) is 8.54. The molecule has 1 aromatic heterocycles. The van der Waals surface area contributed by atoms with Gasteiger partial charge in [0.15, 0.2) is 0 Å². The molecule has 0 aliphatic carbocycles. The highest BCUT2D eigenvalue weighted by atomic mass is 16.2. The Morgan fingerprint density at radius 2 is 2.15 bits per heavy atom. The number of amides is 1. The van der Waals surface area contributed by atoms with Crippen molar-refractivity contribution in [3.63, 3.8) is 0 Å². The monoisotopic (exact) mass is 278 g/mol. The van der Waals surface area contributed by atoms with Crippen LogP contribution >= 0.6 is 0 Å². The maximum Gasteiger partial charge on any atom is 0.219 e. The molecule has 0 spiro atoms. The molecular formula is C15H26N4O. The summed E-state index contributed by atoms with van der Waals surface area (Å²) < 4.78 is 2.01. The van der Waals surface area contributed by atoms with Crippen LogP contribution in [-0.4, -0.2) is 39.7 Å². The van der Waals surface area contributed by atoms with Crippen LogP contribution in [0.1, 0.15) is 44.1 Å². The number of likely N-dealkylation sites (tertiary alicyclic amines) is 1. The molecule has 0 aromatic carbocycles. The highest BCUT2D eigenvalue weighted by molar-refractivity contribution is 5.73. The number of aryl methyl sites for hydroxylation is 2. The lowest BCUT2D eigenvalue weighted by atomic mass is 10.1. The first-order chi connectivity index (χ1) is 9.56. The molecule has 1 N–H and O–H groups in total. The van der Waals surface area contributed by atoms with Crippen LogP contribution in [0, 0.1) is 0 Å². The Kier molecular flexibility index (Phi) is 4.81. The van der Waals surface area contributed by atoms with Crippen LogP contribution in [-0.2, 0) is 31.2 Å². The summed E-state index contributed by atoms with van der Waals surface area (Å²) in [5, 5.41) is 8.20. The van der Waals surface area contributed by atoms with Crippen molar-refractivity contribution in [3.05, 3.63) is 17.0 Å². The number of carbonyl (C=O) groups excluding carboxylic acids is 1. The van der Waals surface area contributed by atoms with Gasteiger partial charge in [0, 0.05) is 50.9 Å². The largest absolute Gasteiger partial charge is 0.341 e. The molecule has 20 heavy (non-hydrogen) atoms.